The van der Waals surface area contributed by atoms with Crippen LogP contribution in [0.3, 0.4) is 0 Å². The molecule has 1 aliphatic rings. The second kappa shape index (κ2) is 12.2. The summed E-state index contributed by atoms with van der Waals surface area (Å²) in [4.78, 5) is 13.6. The van der Waals surface area contributed by atoms with Gasteiger partial charge in [0.05, 0.1) is 0 Å². The monoisotopic (exact) mass is 275 g/mol. The summed E-state index contributed by atoms with van der Waals surface area (Å²) in [6.07, 6.45) is 18.9. The summed E-state index contributed by atoms with van der Waals surface area (Å²) in [6, 6.07) is 3.87. The topological polar surface area (TPSA) is 68.0 Å². The van der Waals surface area contributed by atoms with E-state index in [0.717, 1.165) is 11.6 Å². The third-order valence-electron chi connectivity index (χ3n) is 3.30. The first-order chi connectivity index (χ1) is 9.74. The molecule has 0 bridgehead atoms. The van der Waals surface area contributed by atoms with Gasteiger partial charge in [0.15, 0.2) is 0 Å². The number of nitrogens with two attached hydrogens (primary N) is 1. The molecule has 3 N–H and O–H groups in total. The normalized spacial score (nSPS) is 15.6. The van der Waals surface area contributed by atoms with Crippen molar-refractivity contribution in [3.63, 3.8) is 0 Å². The molecule has 110 valence electrons. The molecule has 1 aromatic heterocycles. The zero-order chi connectivity index (χ0) is 15.2. The summed E-state index contributed by atoms with van der Waals surface area (Å²) in [5.74, 6) is 0.832. The van der Waals surface area contributed by atoms with Gasteiger partial charge in [-0.15, -0.1) is 12.8 Å². The number of amides is 1. The highest BCUT2D eigenvalue weighted by Gasteiger charge is 2.16. The van der Waals surface area contributed by atoms with E-state index in [-0.39, 0.29) is 0 Å². The number of pyridine rings is 1. The van der Waals surface area contributed by atoms with Crippen LogP contribution >= 0.6 is 0 Å². The molecule has 1 fully saturated rings. The van der Waals surface area contributed by atoms with Gasteiger partial charge in [-0.3, -0.25) is 9.78 Å². The number of nitrogens with one attached hydrogen (secondary N) is 1. The molecule has 0 radical (unpaired) electrons. The van der Waals surface area contributed by atoms with Crippen LogP contribution in [0.2, 0.25) is 0 Å². The van der Waals surface area contributed by atoms with E-state index in [1.54, 1.807) is 24.5 Å². The first-order valence-electron chi connectivity index (χ1n) is 6.93. The molecule has 4 nitrogen and oxygen atoms in total. The van der Waals surface area contributed by atoms with Crippen molar-refractivity contribution in [1.82, 2.24) is 4.98 Å². The van der Waals surface area contributed by atoms with Crippen LogP contribution in [-0.2, 0) is 4.79 Å². The Labute approximate surface area is 122 Å². The molecule has 1 aromatic rings. The van der Waals surface area contributed by atoms with Gasteiger partial charge in [-0.25, -0.2) is 0 Å². The highest BCUT2D eigenvalue weighted by molar-refractivity contribution is 5.70. The molecule has 4 heteroatoms. The maximum atomic E-state index is 9.84. The second-order valence-corrected chi connectivity index (χ2v) is 4.76. The number of anilines is 1. The van der Waals surface area contributed by atoms with Crippen molar-refractivity contribution in [2.45, 2.75) is 45.1 Å². The first-order valence-corrected chi connectivity index (χ1v) is 6.93. The van der Waals surface area contributed by atoms with E-state index in [1.165, 1.54) is 32.1 Å². The minimum absolute atomic E-state index is 0.435. The molecule has 1 amide bonds. The number of carbonyl (C=O) groups is 1. The molecule has 0 unspecified atom stereocenters. The van der Waals surface area contributed by atoms with Crippen LogP contribution in [-0.4, -0.2) is 17.4 Å². The van der Waals surface area contributed by atoms with Gasteiger partial charge in [-0.1, -0.05) is 19.3 Å². The molecule has 1 atom stereocenters. The van der Waals surface area contributed by atoms with E-state index in [4.69, 9.17) is 5.73 Å². The fourth-order valence-corrected chi connectivity index (χ4v) is 2.18. The summed E-state index contributed by atoms with van der Waals surface area (Å²) in [6.45, 7) is 2.13. The molecule has 1 saturated carbocycles. The Morgan fingerprint density at radius 3 is 2.25 bits per heavy atom. The Bertz CT molecular complexity index is 356. The van der Waals surface area contributed by atoms with Gasteiger partial charge in [0, 0.05) is 24.1 Å². The van der Waals surface area contributed by atoms with E-state index in [1.807, 2.05) is 0 Å². The SMILES string of the molecule is C#C.C[C@@H](N)C1CCCCC1.O=CNc1ccncc1. The average molecular weight is 275 g/mol. The predicted molar refractivity (Wildman–Crippen MR) is 84.0 cm³/mol. The lowest BCUT2D eigenvalue weighted by atomic mass is 9.85. The van der Waals surface area contributed by atoms with Crippen molar-refractivity contribution in [3.05, 3.63) is 24.5 Å². The first kappa shape index (κ1) is 18.1. The van der Waals surface area contributed by atoms with Gasteiger partial charge in [-0.05, 0) is 37.8 Å². The summed E-state index contributed by atoms with van der Waals surface area (Å²) < 4.78 is 0. The van der Waals surface area contributed by atoms with E-state index in [9.17, 15) is 4.79 Å². The predicted octanol–water partition coefficient (Wildman–Crippen LogP) is 2.81. The Balaban J connectivity index is 0.000000321. The third-order valence-corrected chi connectivity index (χ3v) is 3.30. The molecule has 2 rings (SSSR count). The minimum Gasteiger partial charge on any atom is -0.329 e. The van der Waals surface area contributed by atoms with Crippen LogP contribution in [0.4, 0.5) is 5.69 Å². The molecule has 0 aliphatic heterocycles. The van der Waals surface area contributed by atoms with Crippen LogP contribution in [0.15, 0.2) is 24.5 Å². The lowest BCUT2D eigenvalue weighted by molar-refractivity contribution is -0.105. The Hall–Kier alpha value is -1.86. The van der Waals surface area contributed by atoms with E-state index < -0.39 is 0 Å². The quantitative estimate of drug-likeness (QED) is 0.658. The average Bonchev–Trinajstić information content (AvgIpc) is 2.52. The molecular formula is C16H25N3O. The van der Waals surface area contributed by atoms with Gasteiger partial charge in [0.2, 0.25) is 6.41 Å². The number of hydrogen-bond donors (Lipinski definition) is 2. The Morgan fingerprint density at radius 2 is 1.85 bits per heavy atom. The third kappa shape index (κ3) is 8.28. The minimum atomic E-state index is 0.435. The van der Waals surface area contributed by atoms with Gasteiger partial charge in [0.25, 0.3) is 0 Å². The highest BCUT2D eigenvalue weighted by atomic mass is 16.1. The number of carbonyl (C=O) groups excluding carboxylic acids is 1. The van der Waals surface area contributed by atoms with Crippen LogP contribution in [0.25, 0.3) is 0 Å². The molecule has 1 aliphatic carbocycles. The number of aromatic nitrogens is 1. The van der Waals surface area contributed by atoms with Gasteiger partial charge in [-0.2, -0.15) is 0 Å². The summed E-state index contributed by atoms with van der Waals surface area (Å²) in [5.41, 5.74) is 6.53. The maximum absolute atomic E-state index is 9.84. The van der Waals surface area contributed by atoms with Crippen molar-refractivity contribution in [2.75, 3.05) is 5.32 Å². The zero-order valence-corrected chi connectivity index (χ0v) is 12.2. The standard InChI is InChI=1S/C8H17N.C6H6N2O.C2H2/c1-7(9)8-5-3-2-4-6-8;9-5-8-6-1-3-7-4-2-6;1-2/h7-8H,2-6,9H2,1H3;1-5H,(H,7,8,9);1-2H/t7-;;/m1../s1. The van der Waals surface area contributed by atoms with Gasteiger partial charge < -0.3 is 11.1 Å². The molecular weight excluding hydrogens is 250 g/mol. The van der Waals surface area contributed by atoms with E-state index in [0.29, 0.717) is 12.5 Å². The summed E-state index contributed by atoms with van der Waals surface area (Å²) >= 11 is 0. The molecule has 20 heavy (non-hydrogen) atoms. The molecule has 1 heterocycles. The van der Waals surface area contributed by atoms with E-state index in [2.05, 4.69) is 30.1 Å². The van der Waals surface area contributed by atoms with Crippen LogP contribution < -0.4 is 11.1 Å². The lowest BCUT2D eigenvalue weighted by Crippen LogP contribution is -2.27. The number of hydrogen-bond acceptors (Lipinski definition) is 3. The van der Waals surface area contributed by atoms with Crippen molar-refractivity contribution < 1.29 is 4.79 Å². The Morgan fingerprint density at radius 1 is 1.30 bits per heavy atom. The zero-order valence-electron chi connectivity index (χ0n) is 12.2. The lowest BCUT2D eigenvalue weighted by Gasteiger charge is -2.24. The smallest absolute Gasteiger partial charge is 0.211 e. The van der Waals surface area contributed by atoms with Crippen molar-refractivity contribution in [3.8, 4) is 12.8 Å². The van der Waals surface area contributed by atoms with Crippen molar-refractivity contribution in [1.29, 1.82) is 0 Å². The van der Waals surface area contributed by atoms with Crippen LogP contribution in [0.5, 0.6) is 0 Å². The molecule has 0 spiro atoms. The van der Waals surface area contributed by atoms with Crippen LogP contribution in [0.1, 0.15) is 39.0 Å². The summed E-state index contributed by atoms with van der Waals surface area (Å²) in [7, 11) is 0. The molecule has 0 aromatic carbocycles. The maximum Gasteiger partial charge on any atom is 0.211 e. The van der Waals surface area contributed by atoms with Crippen molar-refractivity contribution in [2.24, 2.45) is 11.7 Å². The van der Waals surface area contributed by atoms with Gasteiger partial charge in [0.1, 0.15) is 0 Å². The Kier molecular flexibility index (Phi) is 11.1. The number of nitrogens with zero attached hydrogens (tertiary/aromatic N) is 1. The fourth-order valence-electron chi connectivity index (χ4n) is 2.18. The fraction of sp³-hybridized carbons (Fsp3) is 0.500. The second-order valence-electron chi connectivity index (χ2n) is 4.76. The van der Waals surface area contributed by atoms with E-state index >= 15 is 0 Å². The number of terminal acetylenes is 1. The highest BCUT2D eigenvalue weighted by Crippen LogP contribution is 2.25. The van der Waals surface area contributed by atoms with Crippen LogP contribution in [0, 0.1) is 18.8 Å². The molecule has 0 saturated heterocycles. The van der Waals surface area contributed by atoms with Crippen molar-refractivity contribution >= 4 is 12.1 Å². The summed E-state index contributed by atoms with van der Waals surface area (Å²) in [5, 5.41) is 2.49. The van der Waals surface area contributed by atoms with Gasteiger partial charge >= 0.3 is 0 Å². The largest absolute Gasteiger partial charge is 0.329 e. The number of rotatable bonds is 3.